The van der Waals surface area contributed by atoms with Crippen LogP contribution in [0.15, 0.2) is 40.8 Å². The van der Waals surface area contributed by atoms with E-state index in [4.69, 9.17) is 4.42 Å². The lowest BCUT2D eigenvalue weighted by Crippen LogP contribution is -2.20. The third-order valence-electron chi connectivity index (χ3n) is 3.14. The van der Waals surface area contributed by atoms with E-state index in [0.717, 1.165) is 17.0 Å². The number of nitrogens with zero attached hydrogens (tertiary/aromatic N) is 1. The molecule has 3 rings (SSSR count). The van der Waals surface area contributed by atoms with Gasteiger partial charge in [0.2, 0.25) is 0 Å². The van der Waals surface area contributed by atoms with E-state index < -0.39 is 0 Å². The van der Waals surface area contributed by atoms with Gasteiger partial charge in [-0.25, -0.2) is 0 Å². The Morgan fingerprint density at radius 1 is 1.17 bits per heavy atom. The lowest BCUT2D eigenvalue weighted by atomic mass is 10.1. The molecule has 0 aliphatic carbocycles. The largest absolute Gasteiger partial charge is 0.462 e. The summed E-state index contributed by atoms with van der Waals surface area (Å²) in [5.74, 6) is 1.56. The number of benzene rings is 1. The van der Waals surface area contributed by atoms with Gasteiger partial charge in [0.1, 0.15) is 11.5 Å². The molecule has 0 radical (unpaired) electrons. The van der Waals surface area contributed by atoms with Crippen molar-refractivity contribution in [1.29, 1.82) is 0 Å². The van der Waals surface area contributed by atoms with Crippen molar-refractivity contribution in [3.8, 4) is 0 Å². The number of rotatable bonds is 1. The summed E-state index contributed by atoms with van der Waals surface area (Å²) in [6.07, 6.45) is 1.80. The Hall–Kier alpha value is -2.29. The van der Waals surface area contributed by atoms with Crippen molar-refractivity contribution in [2.24, 2.45) is 0 Å². The summed E-state index contributed by atoms with van der Waals surface area (Å²) in [7, 11) is 1.79. The minimum absolute atomic E-state index is 0.00486. The molecule has 0 saturated carbocycles. The topological polar surface area (TPSA) is 33.5 Å². The van der Waals surface area contributed by atoms with Crippen LogP contribution in [0.4, 0.5) is 5.69 Å². The van der Waals surface area contributed by atoms with Crippen LogP contribution in [0, 0.1) is 6.92 Å². The number of amides is 1. The Labute approximate surface area is 105 Å². The first-order valence-electron chi connectivity index (χ1n) is 5.82. The number of fused-ring (bicyclic) bond motifs is 1. The molecule has 2 aromatic rings. The normalized spacial score (nSPS) is 16.4. The van der Waals surface area contributed by atoms with E-state index in [2.05, 4.69) is 0 Å². The molecule has 1 aliphatic rings. The SMILES string of the molecule is Cc1ccc(/C=C2/C(=O)N(C)c3ccccc32)o1. The second kappa shape index (κ2) is 3.88. The Balaban J connectivity index is 2.13. The predicted octanol–water partition coefficient (Wildman–Crippen LogP) is 3.11. The fraction of sp³-hybridized carbons (Fsp3) is 0.133. The van der Waals surface area contributed by atoms with E-state index in [0.29, 0.717) is 11.3 Å². The molecule has 0 atom stereocenters. The van der Waals surface area contributed by atoms with E-state index in [1.54, 1.807) is 18.0 Å². The molecule has 1 aliphatic heterocycles. The van der Waals surface area contributed by atoms with Crippen LogP contribution in [-0.2, 0) is 4.79 Å². The van der Waals surface area contributed by atoms with Crippen LogP contribution >= 0.6 is 0 Å². The van der Waals surface area contributed by atoms with Crippen LogP contribution < -0.4 is 4.90 Å². The number of carbonyl (C=O) groups excluding carboxylic acids is 1. The van der Waals surface area contributed by atoms with Crippen LogP contribution in [0.1, 0.15) is 17.1 Å². The van der Waals surface area contributed by atoms with Crippen molar-refractivity contribution < 1.29 is 9.21 Å². The summed E-state index contributed by atoms with van der Waals surface area (Å²) in [4.78, 5) is 13.9. The number of hydrogen-bond acceptors (Lipinski definition) is 2. The molecule has 0 bridgehead atoms. The standard InChI is InChI=1S/C15H13NO2/c1-10-7-8-11(18-10)9-13-12-5-3-4-6-14(12)16(2)15(13)17/h3-9H,1-2H3/b13-9+. The van der Waals surface area contributed by atoms with Crippen molar-refractivity contribution in [3.63, 3.8) is 0 Å². The van der Waals surface area contributed by atoms with Gasteiger partial charge >= 0.3 is 0 Å². The van der Waals surface area contributed by atoms with Crippen LogP contribution in [0.5, 0.6) is 0 Å². The summed E-state index contributed by atoms with van der Waals surface area (Å²) in [6, 6.07) is 11.5. The zero-order chi connectivity index (χ0) is 12.7. The van der Waals surface area contributed by atoms with Gasteiger partial charge in [0.05, 0.1) is 11.3 Å². The van der Waals surface area contributed by atoms with Crippen molar-refractivity contribution in [2.45, 2.75) is 6.92 Å². The second-order valence-corrected chi connectivity index (χ2v) is 4.39. The Kier molecular flexibility index (Phi) is 2.33. The molecule has 1 aromatic carbocycles. The zero-order valence-corrected chi connectivity index (χ0v) is 10.3. The summed E-state index contributed by atoms with van der Waals surface area (Å²) < 4.78 is 5.50. The molecule has 90 valence electrons. The maximum absolute atomic E-state index is 12.2. The Morgan fingerprint density at radius 2 is 1.94 bits per heavy atom. The second-order valence-electron chi connectivity index (χ2n) is 4.39. The fourth-order valence-corrected chi connectivity index (χ4v) is 2.21. The van der Waals surface area contributed by atoms with Gasteiger partial charge in [-0.05, 0) is 31.2 Å². The molecule has 0 saturated heterocycles. The molecule has 0 spiro atoms. The summed E-state index contributed by atoms with van der Waals surface area (Å²) in [5.41, 5.74) is 2.58. The van der Waals surface area contributed by atoms with Crippen LogP contribution in [0.2, 0.25) is 0 Å². The van der Waals surface area contributed by atoms with Crippen molar-refractivity contribution in [1.82, 2.24) is 0 Å². The molecule has 0 N–H and O–H groups in total. The molecule has 3 heteroatoms. The van der Waals surface area contributed by atoms with Gasteiger partial charge in [-0.15, -0.1) is 0 Å². The van der Waals surface area contributed by atoms with Gasteiger partial charge in [0.15, 0.2) is 0 Å². The number of furan rings is 1. The summed E-state index contributed by atoms with van der Waals surface area (Å²) in [5, 5.41) is 0. The summed E-state index contributed by atoms with van der Waals surface area (Å²) in [6.45, 7) is 1.89. The number of anilines is 1. The average Bonchev–Trinajstić information content (AvgIpc) is 2.88. The number of para-hydroxylation sites is 1. The van der Waals surface area contributed by atoms with Gasteiger partial charge in [-0.2, -0.15) is 0 Å². The van der Waals surface area contributed by atoms with Gasteiger partial charge < -0.3 is 9.32 Å². The molecule has 1 aromatic heterocycles. The lowest BCUT2D eigenvalue weighted by molar-refractivity contribution is -0.112. The molecule has 18 heavy (non-hydrogen) atoms. The quantitative estimate of drug-likeness (QED) is 0.716. The summed E-state index contributed by atoms with van der Waals surface area (Å²) >= 11 is 0. The van der Waals surface area contributed by atoms with E-state index in [1.165, 1.54) is 0 Å². The highest BCUT2D eigenvalue weighted by Crippen LogP contribution is 2.36. The van der Waals surface area contributed by atoms with Crippen molar-refractivity contribution in [2.75, 3.05) is 11.9 Å². The molecular weight excluding hydrogens is 226 g/mol. The lowest BCUT2D eigenvalue weighted by Gasteiger charge is -2.07. The Bertz CT molecular complexity index is 652. The highest BCUT2D eigenvalue weighted by molar-refractivity contribution is 6.35. The fourth-order valence-electron chi connectivity index (χ4n) is 2.21. The molecule has 3 nitrogen and oxygen atoms in total. The van der Waals surface area contributed by atoms with E-state index in [1.807, 2.05) is 43.3 Å². The maximum Gasteiger partial charge on any atom is 0.258 e. The first kappa shape index (κ1) is 10.8. The van der Waals surface area contributed by atoms with Gasteiger partial charge in [0, 0.05) is 12.6 Å². The van der Waals surface area contributed by atoms with Gasteiger partial charge in [0.25, 0.3) is 5.91 Å². The highest BCUT2D eigenvalue weighted by atomic mass is 16.3. The van der Waals surface area contributed by atoms with Crippen LogP contribution in [-0.4, -0.2) is 13.0 Å². The third-order valence-corrected chi connectivity index (χ3v) is 3.14. The minimum Gasteiger partial charge on any atom is -0.462 e. The van der Waals surface area contributed by atoms with Crippen LogP contribution in [0.3, 0.4) is 0 Å². The van der Waals surface area contributed by atoms with Crippen LogP contribution in [0.25, 0.3) is 11.6 Å². The predicted molar refractivity (Wildman–Crippen MR) is 71.2 cm³/mol. The Morgan fingerprint density at radius 3 is 2.67 bits per heavy atom. The number of aryl methyl sites for hydroxylation is 1. The first-order valence-corrected chi connectivity index (χ1v) is 5.82. The monoisotopic (exact) mass is 239 g/mol. The third kappa shape index (κ3) is 1.56. The first-order chi connectivity index (χ1) is 8.66. The van der Waals surface area contributed by atoms with Crippen molar-refractivity contribution in [3.05, 3.63) is 53.5 Å². The molecule has 0 fully saturated rings. The van der Waals surface area contributed by atoms with Gasteiger partial charge in [-0.1, -0.05) is 18.2 Å². The maximum atomic E-state index is 12.2. The molecule has 0 unspecified atom stereocenters. The molecular formula is C15H13NO2. The number of carbonyl (C=O) groups is 1. The van der Waals surface area contributed by atoms with E-state index in [-0.39, 0.29) is 5.91 Å². The number of hydrogen-bond donors (Lipinski definition) is 0. The highest BCUT2D eigenvalue weighted by Gasteiger charge is 2.29. The number of likely N-dealkylation sites (N-methyl/N-ethyl adjacent to an activating group) is 1. The van der Waals surface area contributed by atoms with E-state index >= 15 is 0 Å². The van der Waals surface area contributed by atoms with E-state index in [9.17, 15) is 4.79 Å². The molecule has 1 amide bonds. The average molecular weight is 239 g/mol. The minimum atomic E-state index is 0.00486. The zero-order valence-electron chi connectivity index (χ0n) is 10.3. The molecule has 2 heterocycles. The van der Waals surface area contributed by atoms with Gasteiger partial charge in [-0.3, -0.25) is 4.79 Å². The van der Waals surface area contributed by atoms with Crippen molar-refractivity contribution >= 4 is 23.2 Å². The smallest absolute Gasteiger partial charge is 0.258 e.